The first-order valence-corrected chi connectivity index (χ1v) is 8.03. The number of benzene rings is 1. The summed E-state index contributed by atoms with van der Waals surface area (Å²) in [6.45, 7) is 1.73. The van der Waals surface area contributed by atoms with Gasteiger partial charge < -0.3 is 5.73 Å². The largest absolute Gasteiger partial charge is 0.363 e. The van der Waals surface area contributed by atoms with Gasteiger partial charge in [-0.15, -0.1) is 0 Å². The second kappa shape index (κ2) is 6.07. The first-order chi connectivity index (χ1) is 12.5. The Labute approximate surface area is 148 Å². The van der Waals surface area contributed by atoms with Crippen LogP contribution in [0.3, 0.4) is 0 Å². The molecule has 128 valence electrons. The molecular weight excluding hydrogens is 331 g/mol. The topological polar surface area (TPSA) is 73.3 Å². The van der Waals surface area contributed by atoms with Crippen LogP contribution in [0.1, 0.15) is 16.2 Å². The molecule has 0 spiro atoms. The highest BCUT2D eigenvalue weighted by Crippen LogP contribution is 2.31. The molecule has 1 aromatic carbocycles. The van der Waals surface area contributed by atoms with Crippen LogP contribution in [0.15, 0.2) is 61.1 Å². The van der Waals surface area contributed by atoms with Crippen molar-refractivity contribution in [3.05, 3.63) is 78.3 Å². The molecule has 4 aromatic rings. The Morgan fingerprint density at radius 3 is 2.73 bits per heavy atom. The lowest BCUT2D eigenvalue weighted by molar-refractivity contribution is 0.0990. The number of pyridine rings is 2. The molecule has 0 atom stereocenters. The summed E-state index contributed by atoms with van der Waals surface area (Å²) in [5.41, 5.74) is 10.1. The van der Waals surface area contributed by atoms with Crippen LogP contribution < -0.4 is 5.73 Å². The number of hydrogen-bond donors (Lipinski definition) is 1. The summed E-state index contributed by atoms with van der Waals surface area (Å²) in [5.74, 6) is -0.639. The van der Waals surface area contributed by atoms with E-state index in [4.69, 9.17) is 5.73 Å². The van der Waals surface area contributed by atoms with E-state index in [1.54, 1.807) is 42.0 Å². The Morgan fingerprint density at radius 2 is 1.96 bits per heavy atom. The third kappa shape index (κ3) is 2.61. The minimum absolute atomic E-state index is 0.187. The van der Waals surface area contributed by atoms with Crippen molar-refractivity contribution in [2.75, 3.05) is 0 Å². The Morgan fingerprint density at radius 1 is 1.12 bits per heavy atom. The summed E-state index contributed by atoms with van der Waals surface area (Å²) in [6.07, 6.45) is 5.06. The van der Waals surface area contributed by atoms with Crippen molar-refractivity contribution in [3.63, 3.8) is 0 Å². The molecule has 0 saturated carbocycles. The summed E-state index contributed by atoms with van der Waals surface area (Å²) >= 11 is 0. The number of primary amides is 1. The standard InChI is InChI=1S/C20H15FN4O/c1-12-9-14(4-5-17(12)21)18-16(3-2-7-23-18)13-6-8-25-15(10-13)11-24-20(25)19(22)26/h2-11H,1H3,(H2,22,26). The number of halogens is 1. The zero-order valence-electron chi connectivity index (χ0n) is 14.0. The number of imidazole rings is 1. The molecular formula is C20H15FN4O. The van der Waals surface area contributed by atoms with Gasteiger partial charge in [0.15, 0.2) is 0 Å². The average molecular weight is 346 g/mol. The minimum atomic E-state index is -0.582. The van der Waals surface area contributed by atoms with Crippen LogP contribution in [0.25, 0.3) is 27.9 Å². The van der Waals surface area contributed by atoms with E-state index >= 15 is 0 Å². The molecule has 4 rings (SSSR count). The SMILES string of the molecule is Cc1cc(-c2ncccc2-c2ccn3c(C(N)=O)ncc3c2)ccc1F. The van der Waals surface area contributed by atoms with E-state index in [-0.39, 0.29) is 11.6 Å². The zero-order valence-corrected chi connectivity index (χ0v) is 14.0. The maximum Gasteiger partial charge on any atom is 0.285 e. The van der Waals surface area contributed by atoms with Crippen molar-refractivity contribution >= 4 is 11.4 Å². The van der Waals surface area contributed by atoms with E-state index < -0.39 is 5.91 Å². The lowest BCUT2D eigenvalue weighted by Gasteiger charge is -2.10. The van der Waals surface area contributed by atoms with Crippen molar-refractivity contribution in [3.8, 4) is 22.4 Å². The van der Waals surface area contributed by atoms with Crippen LogP contribution >= 0.6 is 0 Å². The number of carbonyl (C=O) groups is 1. The van der Waals surface area contributed by atoms with Gasteiger partial charge in [-0.1, -0.05) is 6.07 Å². The Bertz CT molecular complexity index is 1150. The van der Waals surface area contributed by atoms with Crippen LogP contribution in [-0.2, 0) is 0 Å². The number of rotatable bonds is 3. The molecule has 26 heavy (non-hydrogen) atoms. The molecule has 5 nitrogen and oxygen atoms in total. The van der Waals surface area contributed by atoms with E-state index in [9.17, 15) is 9.18 Å². The van der Waals surface area contributed by atoms with Crippen LogP contribution in [0.2, 0.25) is 0 Å². The smallest absolute Gasteiger partial charge is 0.285 e. The van der Waals surface area contributed by atoms with Crippen molar-refractivity contribution in [1.29, 1.82) is 0 Å². The highest BCUT2D eigenvalue weighted by molar-refractivity contribution is 5.91. The van der Waals surface area contributed by atoms with Crippen molar-refractivity contribution in [1.82, 2.24) is 14.4 Å². The third-order valence-electron chi connectivity index (χ3n) is 4.30. The van der Waals surface area contributed by atoms with Gasteiger partial charge in [-0.25, -0.2) is 9.37 Å². The van der Waals surface area contributed by atoms with E-state index in [0.29, 0.717) is 5.56 Å². The maximum absolute atomic E-state index is 13.6. The predicted molar refractivity (Wildman–Crippen MR) is 97.1 cm³/mol. The third-order valence-corrected chi connectivity index (χ3v) is 4.30. The molecule has 1 amide bonds. The van der Waals surface area contributed by atoms with Crippen molar-refractivity contribution in [2.45, 2.75) is 6.92 Å². The summed E-state index contributed by atoms with van der Waals surface area (Å²) in [7, 11) is 0. The van der Waals surface area contributed by atoms with Crippen LogP contribution in [0, 0.1) is 12.7 Å². The fraction of sp³-hybridized carbons (Fsp3) is 0.0500. The molecule has 2 N–H and O–H groups in total. The Kier molecular flexibility index (Phi) is 3.73. The molecule has 0 fully saturated rings. The van der Waals surface area contributed by atoms with Gasteiger partial charge in [0.1, 0.15) is 5.82 Å². The molecule has 6 heteroatoms. The summed E-state index contributed by atoms with van der Waals surface area (Å²) in [5, 5.41) is 0. The van der Waals surface area contributed by atoms with Gasteiger partial charge in [-0.05, 0) is 54.4 Å². The van der Waals surface area contributed by atoms with Crippen molar-refractivity contribution < 1.29 is 9.18 Å². The molecule has 0 aliphatic carbocycles. The number of nitrogens with zero attached hydrogens (tertiary/aromatic N) is 3. The number of carbonyl (C=O) groups excluding carboxylic acids is 1. The van der Waals surface area contributed by atoms with Gasteiger partial charge in [0.25, 0.3) is 5.91 Å². The monoisotopic (exact) mass is 346 g/mol. The molecule has 3 heterocycles. The number of aromatic nitrogens is 3. The Balaban J connectivity index is 1.87. The minimum Gasteiger partial charge on any atom is -0.363 e. The van der Waals surface area contributed by atoms with Gasteiger partial charge in [0.2, 0.25) is 5.82 Å². The number of fused-ring (bicyclic) bond motifs is 1. The molecule has 3 aromatic heterocycles. The fourth-order valence-electron chi connectivity index (χ4n) is 3.01. The maximum atomic E-state index is 13.6. The molecule has 0 saturated heterocycles. The summed E-state index contributed by atoms with van der Waals surface area (Å²) in [4.78, 5) is 20.0. The van der Waals surface area contributed by atoms with Gasteiger partial charge in [-0.2, -0.15) is 0 Å². The summed E-state index contributed by atoms with van der Waals surface area (Å²) < 4.78 is 15.3. The molecule has 0 bridgehead atoms. The van der Waals surface area contributed by atoms with Gasteiger partial charge in [0.05, 0.1) is 17.4 Å². The number of aryl methyl sites for hydroxylation is 1. The van der Waals surface area contributed by atoms with Gasteiger partial charge >= 0.3 is 0 Å². The predicted octanol–water partition coefficient (Wildman–Crippen LogP) is 3.61. The number of hydrogen-bond acceptors (Lipinski definition) is 3. The number of amides is 1. The second-order valence-electron chi connectivity index (χ2n) is 6.02. The second-order valence-corrected chi connectivity index (χ2v) is 6.02. The first kappa shape index (κ1) is 16.0. The molecule has 0 aliphatic rings. The van der Waals surface area contributed by atoms with E-state index in [2.05, 4.69) is 9.97 Å². The lowest BCUT2D eigenvalue weighted by atomic mass is 9.99. The average Bonchev–Trinajstić information content (AvgIpc) is 3.07. The summed E-state index contributed by atoms with van der Waals surface area (Å²) in [6, 6.07) is 12.5. The quantitative estimate of drug-likeness (QED) is 0.616. The van der Waals surface area contributed by atoms with Gasteiger partial charge in [0, 0.05) is 23.5 Å². The van der Waals surface area contributed by atoms with E-state index in [1.165, 1.54) is 6.07 Å². The molecule has 0 unspecified atom stereocenters. The van der Waals surface area contributed by atoms with Crippen LogP contribution in [0.5, 0.6) is 0 Å². The highest BCUT2D eigenvalue weighted by atomic mass is 19.1. The first-order valence-electron chi connectivity index (χ1n) is 8.03. The normalized spacial score (nSPS) is 11.0. The van der Waals surface area contributed by atoms with E-state index in [1.807, 2.05) is 24.3 Å². The molecule has 0 radical (unpaired) electrons. The Hall–Kier alpha value is -3.54. The van der Waals surface area contributed by atoms with Crippen molar-refractivity contribution in [2.24, 2.45) is 5.73 Å². The van der Waals surface area contributed by atoms with Gasteiger partial charge in [-0.3, -0.25) is 14.2 Å². The lowest BCUT2D eigenvalue weighted by Crippen LogP contribution is -2.14. The highest BCUT2D eigenvalue weighted by Gasteiger charge is 2.13. The van der Waals surface area contributed by atoms with E-state index in [0.717, 1.165) is 27.9 Å². The van der Waals surface area contributed by atoms with Crippen LogP contribution in [-0.4, -0.2) is 20.3 Å². The fourth-order valence-corrected chi connectivity index (χ4v) is 3.01. The van der Waals surface area contributed by atoms with Crippen LogP contribution in [0.4, 0.5) is 4.39 Å². The number of nitrogens with two attached hydrogens (primary N) is 1. The zero-order chi connectivity index (χ0) is 18.3. The molecule has 0 aliphatic heterocycles.